The monoisotopic (exact) mass is 376 g/mol. The van der Waals surface area contributed by atoms with Crippen molar-refractivity contribution in [3.8, 4) is 0 Å². The number of carbonyl (C=O) groups is 2. The van der Waals surface area contributed by atoms with Crippen molar-refractivity contribution in [2.75, 3.05) is 39.0 Å². The van der Waals surface area contributed by atoms with Crippen LogP contribution >= 0.6 is 11.8 Å². The molecule has 0 saturated carbocycles. The first-order valence-electron chi connectivity index (χ1n) is 9.15. The average Bonchev–Trinajstić information content (AvgIpc) is 2.94. The molecule has 5 nitrogen and oxygen atoms in total. The zero-order valence-electron chi connectivity index (χ0n) is 15.8. The molecule has 1 aromatic carbocycles. The Morgan fingerprint density at radius 3 is 2.58 bits per heavy atom. The normalized spacial score (nSPS) is 26.0. The topological polar surface area (TPSA) is 60.9 Å². The maximum atomic E-state index is 12.7. The molecule has 1 amide bonds. The molecule has 2 atom stereocenters. The third kappa shape index (κ3) is 3.91. The molecule has 0 aliphatic carbocycles. The molecule has 6 heteroatoms. The molecule has 2 heterocycles. The van der Waals surface area contributed by atoms with Crippen LogP contribution in [0.2, 0.25) is 0 Å². The van der Waals surface area contributed by atoms with E-state index in [1.165, 1.54) is 16.7 Å². The number of hydrogen-bond acceptors (Lipinski definition) is 4. The van der Waals surface area contributed by atoms with Crippen molar-refractivity contribution in [2.45, 2.75) is 26.0 Å². The van der Waals surface area contributed by atoms with Gasteiger partial charge in [0.05, 0.1) is 5.75 Å². The molecule has 3 rings (SSSR count). The van der Waals surface area contributed by atoms with Gasteiger partial charge in [-0.3, -0.25) is 9.59 Å². The van der Waals surface area contributed by atoms with E-state index >= 15 is 0 Å². The predicted molar refractivity (Wildman–Crippen MR) is 104 cm³/mol. The fourth-order valence-corrected chi connectivity index (χ4v) is 5.32. The number of aryl methyl sites for hydroxylation is 2. The Labute approximate surface area is 159 Å². The molecule has 1 aromatic rings. The van der Waals surface area contributed by atoms with E-state index in [4.69, 9.17) is 0 Å². The third-order valence-electron chi connectivity index (χ3n) is 5.66. The molecule has 2 saturated heterocycles. The second-order valence-electron chi connectivity index (χ2n) is 7.95. The molecule has 2 fully saturated rings. The summed E-state index contributed by atoms with van der Waals surface area (Å²) >= 11 is 1.61. The minimum atomic E-state index is -0.791. The highest BCUT2D eigenvalue weighted by Gasteiger charge is 2.55. The Hall–Kier alpha value is -1.53. The first kappa shape index (κ1) is 19.2. The van der Waals surface area contributed by atoms with E-state index in [0.717, 1.165) is 18.7 Å². The number of rotatable bonds is 5. The summed E-state index contributed by atoms with van der Waals surface area (Å²) in [6, 6.07) is 6.46. The number of benzene rings is 1. The molecule has 2 aliphatic heterocycles. The first-order chi connectivity index (χ1) is 12.3. The van der Waals surface area contributed by atoms with Crippen LogP contribution in [0.4, 0.5) is 0 Å². The van der Waals surface area contributed by atoms with Crippen LogP contribution in [-0.4, -0.2) is 65.8 Å². The zero-order valence-corrected chi connectivity index (χ0v) is 16.6. The van der Waals surface area contributed by atoms with Gasteiger partial charge in [0, 0.05) is 25.4 Å². The Morgan fingerprint density at radius 2 is 1.92 bits per heavy atom. The van der Waals surface area contributed by atoms with Crippen molar-refractivity contribution in [3.05, 3.63) is 34.9 Å². The summed E-state index contributed by atoms with van der Waals surface area (Å²) in [5, 5.41) is 9.82. The number of nitrogens with zero attached hydrogens (tertiary/aromatic N) is 2. The van der Waals surface area contributed by atoms with E-state index in [1.807, 2.05) is 7.05 Å². The van der Waals surface area contributed by atoms with Gasteiger partial charge in [0.1, 0.15) is 5.41 Å². The molecule has 26 heavy (non-hydrogen) atoms. The zero-order chi connectivity index (χ0) is 18.9. The number of likely N-dealkylation sites (tertiary alicyclic amines) is 2. The molecule has 2 aliphatic rings. The highest BCUT2D eigenvalue weighted by Crippen LogP contribution is 2.42. The average molecular weight is 377 g/mol. The van der Waals surface area contributed by atoms with Gasteiger partial charge in [-0.25, -0.2) is 0 Å². The van der Waals surface area contributed by atoms with Gasteiger partial charge in [0.25, 0.3) is 0 Å². The first-order valence-corrected chi connectivity index (χ1v) is 10.3. The van der Waals surface area contributed by atoms with Crippen LogP contribution in [0.1, 0.15) is 23.1 Å². The summed E-state index contributed by atoms with van der Waals surface area (Å²) in [5.74, 6) is 0.595. The van der Waals surface area contributed by atoms with Gasteiger partial charge in [-0.1, -0.05) is 29.3 Å². The van der Waals surface area contributed by atoms with Crippen molar-refractivity contribution in [3.63, 3.8) is 0 Å². The quantitative estimate of drug-likeness (QED) is 0.855. The number of amides is 1. The maximum Gasteiger partial charge on any atom is 0.313 e. The van der Waals surface area contributed by atoms with E-state index in [9.17, 15) is 14.7 Å². The number of carboxylic acid groups (broad SMARTS) is 1. The van der Waals surface area contributed by atoms with Crippen LogP contribution in [0, 0.1) is 25.2 Å². The molecule has 0 spiro atoms. The van der Waals surface area contributed by atoms with E-state index in [2.05, 4.69) is 36.9 Å². The van der Waals surface area contributed by atoms with Gasteiger partial charge in [-0.2, -0.15) is 0 Å². The summed E-state index contributed by atoms with van der Waals surface area (Å²) in [4.78, 5) is 28.5. The number of hydrogen-bond donors (Lipinski definition) is 1. The van der Waals surface area contributed by atoms with E-state index in [1.54, 1.807) is 16.7 Å². The van der Waals surface area contributed by atoms with E-state index < -0.39 is 11.4 Å². The van der Waals surface area contributed by atoms with Crippen molar-refractivity contribution >= 4 is 23.6 Å². The molecular formula is C20H28N2O3S. The molecule has 142 valence electrons. The lowest BCUT2D eigenvalue weighted by Gasteiger charge is -2.39. The van der Waals surface area contributed by atoms with Crippen LogP contribution in [-0.2, 0) is 15.3 Å². The highest BCUT2D eigenvalue weighted by molar-refractivity contribution is 7.99. The number of fused-ring (bicyclic) bond motifs is 1. The van der Waals surface area contributed by atoms with E-state index in [0.29, 0.717) is 25.4 Å². The van der Waals surface area contributed by atoms with E-state index in [-0.39, 0.29) is 11.8 Å². The number of carboxylic acids is 1. The lowest BCUT2D eigenvalue weighted by atomic mass is 9.73. The smallest absolute Gasteiger partial charge is 0.313 e. The van der Waals surface area contributed by atoms with Gasteiger partial charge in [-0.15, -0.1) is 11.8 Å². The second-order valence-corrected chi connectivity index (χ2v) is 8.93. The molecule has 0 bridgehead atoms. The standard InChI is InChI=1S/C20H28N2O3S/c1-14-6-15(2)8-16(7-14)10-26-11-18(23)22-9-17-4-5-21(3)12-20(17,13-22)19(24)25/h6-8,17H,4-5,9-13H2,1-3H3,(H,24,25)/t17-,20-/m0/s1. The number of piperidine rings is 1. The van der Waals surface area contributed by atoms with Crippen LogP contribution in [0.15, 0.2) is 18.2 Å². The van der Waals surface area contributed by atoms with Gasteiger partial charge < -0.3 is 14.9 Å². The fraction of sp³-hybridized carbons (Fsp3) is 0.600. The number of aliphatic carboxylic acids is 1. The molecule has 0 aromatic heterocycles. The summed E-state index contributed by atoms with van der Waals surface area (Å²) in [7, 11) is 1.96. The van der Waals surface area contributed by atoms with Gasteiger partial charge in [0.15, 0.2) is 0 Å². The van der Waals surface area contributed by atoms with Crippen molar-refractivity contribution in [1.82, 2.24) is 9.80 Å². The predicted octanol–water partition coefficient (Wildman–Crippen LogP) is 2.40. The van der Waals surface area contributed by atoms with Crippen LogP contribution < -0.4 is 0 Å². The molecular weight excluding hydrogens is 348 g/mol. The Bertz CT molecular complexity index is 688. The third-order valence-corrected chi connectivity index (χ3v) is 6.65. The van der Waals surface area contributed by atoms with Crippen LogP contribution in [0.3, 0.4) is 0 Å². The van der Waals surface area contributed by atoms with Crippen LogP contribution in [0.25, 0.3) is 0 Å². The second kappa shape index (κ2) is 7.61. The Balaban J connectivity index is 1.58. The fourth-order valence-electron chi connectivity index (χ4n) is 4.46. The molecule has 0 radical (unpaired) electrons. The Kier molecular flexibility index (Phi) is 5.63. The maximum absolute atomic E-state index is 12.7. The summed E-state index contributed by atoms with van der Waals surface area (Å²) < 4.78 is 0. The van der Waals surface area contributed by atoms with Crippen molar-refractivity contribution in [2.24, 2.45) is 11.3 Å². The molecule has 1 N–H and O–H groups in total. The lowest BCUT2D eigenvalue weighted by Crippen LogP contribution is -2.52. The summed E-state index contributed by atoms with van der Waals surface area (Å²) in [5.41, 5.74) is 2.92. The minimum absolute atomic E-state index is 0.0667. The number of carbonyl (C=O) groups excluding carboxylic acids is 1. The molecule has 0 unspecified atom stereocenters. The largest absolute Gasteiger partial charge is 0.481 e. The van der Waals surface area contributed by atoms with Gasteiger partial charge >= 0.3 is 5.97 Å². The SMILES string of the molecule is Cc1cc(C)cc(CSCC(=O)N2C[C@@H]3CCN(C)C[C@]3(C(=O)O)C2)c1. The van der Waals surface area contributed by atoms with Gasteiger partial charge in [0.2, 0.25) is 5.91 Å². The van der Waals surface area contributed by atoms with Gasteiger partial charge in [-0.05, 0) is 45.3 Å². The summed E-state index contributed by atoms with van der Waals surface area (Å²) in [6.07, 6.45) is 0.849. The summed E-state index contributed by atoms with van der Waals surface area (Å²) in [6.45, 7) is 6.54. The highest BCUT2D eigenvalue weighted by atomic mass is 32.2. The van der Waals surface area contributed by atoms with Crippen LogP contribution in [0.5, 0.6) is 0 Å². The lowest BCUT2D eigenvalue weighted by molar-refractivity contribution is -0.154. The van der Waals surface area contributed by atoms with Crippen molar-refractivity contribution in [1.29, 1.82) is 0 Å². The number of thioether (sulfide) groups is 1. The Morgan fingerprint density at radius 1 is 1.23 bits per heavy atom. The van der Waals surface area contributed by atoms with Crippen molar-refractivity contribution < 1.29 is 14.7 Å². The minimum Gasteiger partial charge on any atom is -0.481 e.